The number of ketones is 1. The van der Waals surface area contributed by atoms with Gasteiger partial charge in [-0.05, 0) is 110 Å². The molecule has 1 amide bonds. The first-order valence-electron chi connectivity index (χ1n) is 18.1. The number of hydrogen-bond donors (Lipinski definition) is 2. The molecule has 8 atom stereocenters. The van der Waals surface area contributed by atoms with Gasteiger partial charge in [-0.25, -0.2) is 0 Å². The minimum atomic E-state index is -0.643. The van der Waals surface area contributed by atoms with Crippen LogP contribution in [0.3, 0.4) is 0 Å². The molecule has 0 radical (unpaired) electrons. The first-order chi connectivity index (χ1) is 21.0. The number of nitrogens with zero attached hydrogens (tertiary/aromatic N) is 1. The molecule has 7 heteroatoms. The number of carbonyl (C=O) groups excluding carboxylic acids is 2. The highest BCUT2D eigenvalue weighted by molar-refractivity contribution is 6.04. The van der Waals surface area contributed by atoms with Crippen LogP contribution in [0, 0.1) is 56.2 Å². The lowest BCUT2D eigenvalue weighted by Gasteiger charge is -2.70. The van der Waals surface area contributed by atoms with E-state index in [4.69, 9.17) is 4.74 Å². The van der Waals surface area contributed by atoms with Crippen molar-refractivity contribution in [1.82, 2.24) is 10.2 Å². The van der Waals surface area contributed by atoms with Crippen molar-refractivity contribution in [3.8, 4) is 0 Å². The molecule has 4 saturated carbocycles. The molecule has 4 unspecified atom stereocenters. The predicted octanol–water partition coefficient (Wildman–Crippen LogP) is 6.51. The minimum Gasteiger partial charge on any atom is -0.481 e. The lowest BCUT2D eigenvalue weighted by Crippen LogP contribution is -2.66. The van der Waals surface area contributed by atoms with E-state index in [9.17, 15) is 19.5 Å². The molecule has 7 nitrogen and oxygen atoms in total. The summed E-state index contributed by atoms with van der Waals surface area (Å²) in [6.45, 7) is 21.2. The molecule has 0 spiro atoms. The zero-order chi connectivity index (χ0) is 32.6. The van der Waals surface area contributed by atoms with Crippen molar-refractivity contribution >= 4 is 17.7 Å². The van der Waals surface area contributed by atoms with Crippen LogP contribution in [0.4, 0.5) is 0 Å². The predicted molar refractivity (Wildman–Crippen MR) is 175 cm³/mol. The van der Waals surface area contributed by atoms with E-state index in [-0.39, 0.29) is 45.2 Å². The van der Waals surface area contributed by atoms with E-state index in [2.05, 4.69) is 64.8 Å². The highest BCUT2D eigenvalue weighted by atomic mass is 16.5. The molecule has 6 rings (SSSR count). The molecule has 0 aromatic heterocycles. The van der Waals surface area contributed by atoms with Gasteiger partial charge in [-0.3, -0.25) is 19.3 Å². The summed E-state index contributed by atoms with van der Waals surface area (Å²) in [7, 11) is 0. The Hall–Kier alpha value is -1.73. The van der Waals surface area contributed by atoms with Gasteiger partial charge in [0.15, 0.2) is 5.78 Å². The monoisotopic (exact) mass is 624 g/mol. The van der Waals surface area contributed by atoms with E-state index in [0.29, 0.717) is 18.9 Å². The number of Topliss-reactive ketones (excluding diaryl/α,β-unsaturated/α-hetero) is 1. The maximum Gasteiger partial charge on any atom is 0.310 e. The van der Waals surface area contributed by atoms with Gasteiger partial charge < -0.3 is 15.2 Å². The fourth-order valence-corrected chi connectivity index (χ4v) is 12.3. The van der Waals surface area contributed by atoms with Crippen molar-refractivity contribution in [1.29, 1.82) is 0 Å². The first-order valence-corrected chi connectivity index (χ1v) is 18.1. The SMILES string of the molecule is CC1(C)CC[C@]2(C(=O)O)CC[C@]3(C)C(=CCC4[C@@]5(C)CC(C(=O)NCCCN6CCOCC6)C(=O)C(C)(C)C5CC[C@]43C)C2C1. The number of amides is 1. The van der Waals surface area contributed by atoms with Crippen LogP contribution in [-0.4, -0.2) is 67.1 Å². The van der Waals surface area contributed by atoms with Crippen LogP contribution in [0.2, 0.25) is 0 Å². The molecular formula is C38H60N2O5. The number of carboxylic acid groups (broad SMARTS) is 1. The number of ether oxygens (including phenoxy) is 1. The Kier molecular flexibility index (Phi) is 8.24. The normalized spacial score (nSPS) is 44.0. The van der Waals surface area contributed by atoms with Gasteiger partial charge >= 0.3 is 5.97 Å². The van der Waals surface area contributed by atoms with Crippen LogP contribution in [-0.2, 0) is 19.1 Å². The van der Waals surface area contributed by atoms with Gasteiger partial charge in [0, 0.05) is 25.0 Å². The number of rotatable bonds is 6. The summed E-state index contributed by atoms with van der Waals surface area (Å²) >= 11 is 0. The third-order valence-corrected chi connectivity index (χ3v) is 15.2. The molecule has 0 bridgehead atoms. The average molecular weight is 625 g/mol. The van der Waals surface area contributed by atoms with Gasteiger partial charge in [-0.15, -0.1) is 0 Å². The second-order valence-corrected chi connectivity index (χ2v) is 18.1. The molecule has 0 aromatic carbocycles. The van der Waals surface area contributed by atoms with E-state index in [1.807, 2.05) is 0 Å². The maximum atomic E-state index is 14.1. The zero-order valence-electron chi connectivity index (χ0n) is 29.2. The molecule has 252 valence electrons. The number of nitrogens with one attached hydrogen (secondary N) is 1. The number of hydrogen-bond acceptors (Lipinski definition) is 5. The smallest absolute Gasteiger partial charge is 0.310 e. The second kappa shape index (κ2) is 11.2. The van der Waals surface area contributed by atoms with Crippen LogP contribution in [0.1, 0.15) is 113 Å². The molecule has 5 aliphatic carbocycles. The highest BCUT2D eigenvalue weighted by Crippen LogP contribution is 2.75. The third kappa shape index (κ3) is 4.98. The van der Waals surface area contributed by atoms with Crippen LogP contribution < -0.4 is 5.32 Å². The van der Waals surface area contributed by atoms with Crippen molar-refractivity contribution in [3.63, 3.8) is 0 Å². The van der Waals surface area contributed by atoms with Crippen LogP contribution in [0.25, 0.3) is 0 Å². The summed E-state index contributed by atoms with van der Waals surface area (Å²) in [6, 6.07) is 0. The topological polar surface area (TPSA) is 95.9 Å². The van der Waals surface area contributed by atoms with Crippen LogP contribution in [0.15, 0.2) is 11.6 Å². The number of aliphatic carboxylic acids is 1. The standard InChI is InChI=1S/C38H60N2O5/c1-33(2)13-15-38(32(43)44)16-14-36(6)26(27(38)24-33)9-10-29-35(5)23-25(30(41)34(3,4)28(35)11-12-37(29,36)7)31(42)39-17-8-18-40-19-21-45-22-20-40/h9,25,27-29H,8,10-24H2,1-7H3,(H,39,42)(H,43,44)/t25?,27?,28?,29?,35-,36+,37+,38-/m0/s1. The van der Waals surface area contributed by atoms with Gasteiger partial charge in [0.05, 0.1) is 24.5 Å². The largest absolute Gasteiger partial charge is 0.481 e. The van der Waals surface area contributed by atoms with E-state index < -0.39 is 22.7 Å². The number of allylic oxidation sites excluding steroid dienone is 2. The minimum absolute atomic E-state index is 0.00969. The number of carbonyl (C=O) groups is 3. The first kappa shape index (κ1) is 33.2. The van der Waals surface area contributed by atoms with Crippen LogP contribution in [0.5, 0.6) is 0 Å². The lowest BCUT2D eigenvalue weighted by atomic mass is 9.33. The Morgan fingerprint density at radius 1 is 0.956 bits per heavy atom. The molecule has 0 aromatic rings. The van der Waals surface area contributed by atoms with Crippen molar-refractivity contribution in [2.45, 2.75) is 113 Å². The Bertz CT molecular complexity index is 1250. The second-order valence-electron chi connectivity index (χ2n) is 18.1. The Balaban J connectivity index is 1.27. The summed E-state index contributed by atoms with van der Waals surface area (Å²) in [4.78, 5) is 43.2. The zero-order valence-corrected chi connectivity index (χ0v) is 29.2. The molecule has 2 N–H and O–H groups in total. The summed E-state index contributed by atoms with van der Waals surface area (Å²) < 4.78 is 5.46. The van der Waals surface area contributed by atoms with Gasteiger partial charge in [0.2, 0.25) is 5.91 Å². The Morgan fingerprint density at radius 3 is 2.33 bits per heavy atom. The fraction of sp³-hybridized carbons (Fsp3) is 0.868. The molecule has 6 aliphatic rings. The van der Waals surface area contributed by atoms with E-state index >= 15 is 0 Å². The lowest BCUT2D eigenvalue weighted by molar-refractivity contribution is -0.195. The quantitative estimate of drug-likeness (QED) is 0.199. The van der Waals surface area contributed by atoms with Crippen molar-refractivity contribution in [2.75, 3.05) is 39.4 Å². The summed E-state index contributed by atoms with van der Waals surface area (Å²) in [5, 5.41) is 13.8. The molecule has 1 heterocycles. The third-order valence-electron chi connectivity index (χ3n) is 15.2. The summed E-state index contributed by atoms with van der Waals surface area (Å²) in [6.07, 6.45) is 11.3. The number of carboxylic acids is 1. The number of fused-ring (bicyclic) bond motifs is 7. The van der Waals surface area contributed by atoms with Gasteiger partial charge in [-0.2, -0.15) is 0 Å². The molecular weight excluding hydrogens is 564 g/mol. The number of morpholine rings is 1. The Labute approximate surface area is 271 Å². The van der Waals surface area contributed by atoms with Gasteiger partial charge in [0.1, 0.15) is 0 Å². The van der Waals surface area contributed by atoms with E-state index in [0.717, 1.165) is 90.6 Å². The summed E-state index contributed by atoms with van der Waals surface area (Å²) in [5.74, 6) is -0.526. The van der Waals surface area contributed by atoms with Crippen molar-refractivity contribution < 1.29 is 24.2 Å². The molecule has 1 aliphatic heterocycles. The van der Waals surface area contributed by atoms with Crippen molar-refractivity contribution in [2.24, 2.45) is 56.2 Å². The van der Waals surface area contributed by atoms with Gasteiger partial charge in [0.25, 0.3) is 0 Å². The molecule has 1 saturated heterocycles. The van der Waals surface area contributed by atoms with Gasteiger partial charge in [-0.1, -0.05) is 60.1 Å². The average Bonchev–Trinajstić information content (AvgIpc) is 2.97. The van der Waals surface area contributed by atoms with E-state index in [1.54, 1.807) is 0 Å². The fourth-order valence-electron chi connectivity index (χ4n) is 12.3. The molecule has 45 heavy (non-hydrogen) atoms. The Morgan fingerprint density at radius 2 is 1.64 bits per heavy atom. The van der Waals surface area contributed by atoms with E-state index in [1.165, 1.54) is 5.57 Å². The maximum absolute atomic E-state index is 14.1. The van der Waals surface area contributed by atoms with Crippen LogP contribution >= 0.6 is 0 Å². The van der Waals surface area contributed by atoms with Crippen molar-refractivity contribution in [3.05, 3.63) is 11.6 Å². The summed E-state index contributed by atoms with van der Waals surface area (Å²) in [5.41, 5.74) is 0.112. The highest BCUT2D eigenvalue weighted by Gasteiger charge is 2.70. The molecule has 5 fully saturated rings.